The van der Waals surface area contributed by atoms with Crippen molar-refractivity contribution in [1.29, 1.82) is 0 Å². The summed E-state index contributed by atoms with van der Waals surface area (Å²) in [4.78, 5) is 15.1. The fourth-order valence-electron chi connectivity index (χ4n) is 1.55. The van der Waals surface area contributed by atoms with Crippen LogP contribution >= 0.6 is 15.9 Å². The molecule has 0 saturated carbocycles. The van der Waals surface area contributed by atoms with E-state index in [1.54, 1.807) is 6.07 Å². The molecule has 1 aromatic carbocycles. The molecule has 0 aliphatic carbocycles. The topological polar surface area (TPSA) is 32.9 Å². The largest absolute Gasteiger partial charge is 0.358 e. The van der Waals surface area contributed by atoms with Gasteiger partial charge < -0.3 is 4.98 Å². The van der Waals surface area contributed by atoms with Crippen molar-refractivity contribution in [3.63, 3.8) is 0 Å². The SMILES string of the molecule is CC(C)c1cc(=O)c2cc(Br)ccc2[nH]1. The number of pyridine rings is 1. The second kappa shape index (κ2) is 3.81. The Morgan fingerprint density at radius 3 is 2.67 bits per heavy atom. The number of hydrogen-bond donors (Lipinski definition) is 1. The van der Waals surface area contributed by atoms with E-state index in [-0.39, 0.29) is 5.43 Å². The Kier molecular flexibility index (Phi) is 2.65. The van der Waals surface area contributed by atoms with Crippen molar-refractivity contribution in [2.75, 3.05) is 0 Å². The smallest absolute Gasteiger partial charge is 0.189 e. The first-order valence-electron chi connectivity index (χ1n) is 4.90. The summed E-state index contributed by atoms with van der Waals surface area (Å²) in [6, 6.07) is 7.38. The number of aromatic nitrogens is 1. The minimum atomic E-state index is 0.0775. The minimum Gasteiger partial charge on any atom is -0.358 e. The van der Waals surface area contributed by atoms with Crippen molar-refractivity contribution in [2.45, 2.75) is 19.8 Å². The molecule has 15 heavy (non-hydrogen) atoms. The lowest BCUT2D eigenvalue weighted by molar-refractivity contribution is 0.828. The predicted molar refractivity (Wildman–Crippen MR) is 66.4 cm³/mol. The van der Waals surface area contributed by atoms with Crippen LogP contribution in [0.15, 0.2) is 33.5 Å². The fraction of sp³-hybridized carbons (Fsp3) is 0.250. The predicted octanol–water partition coefficient (Wildman–Crippen LogP) is 3.41. The average molecular weight is 266 g/mol. The van der Waals surface area contributed by atoms with Crippen molar-refractivity contribution in [3.8, 4) is 0 Å². The van der Waals surface area contributed by atoms with Crippen LogP contribution in [0.1, 0.15) is 25.5 Å². The standard InChI is InChI=1S/C12H12BrNO/c1-7(2)11-6-12(15)9-5-8(13)3-4-10(9)14-11/h3-7H,1-2H3,(H,14,15). The Balaban J connectivity index is 2.79. The van der Waals surface area contributed by atoms with Crippen LogP contribution in [0, 0.1) is 0 Å². The highest BCUT2D eigenvalue weighted by molar-refractivity contribution is 9.10. The fourth-order valence-corrected chi connectivity index (χ4v) is 1.91. The molecule has 1 aromatic heterocycles. The Morgan fingerprint density at radius 2 is 2.00 bits per heavy atom. The van der Waals surface area contributed by atoms with Gasteiger partial charge in [0.1, 0.15) is 0 Å². The van der Waals surface area contributed by atoms with Crippen LogP contribution in [-0.2, 0) is 0 Å². The molecule has 0 fully saturated rings. The van der Waals surface area contributed by atoms with Gasteiger partial charge in [-0.2, -0.15) is 0 Å². The number of fused-ring (bicyclic) bond motifs is 1. The molecular weight excluding hydrogens is 254 g/mol. The molecular formula is C12H12BrNO. The van der Waals surface area contributed by atoms with E-state index in [1.165, 1.54) is 0 Å². The molecule has 0 unspecified atom stereocenters. The van der Waals surface area contributed by atoms with Crippen LogP contribution < -0.4 is 5.43 Å². The molecule has 1 heterocycles. The van der Waals surface area contributed by atoms with Gasteiger partial charge in [-0.25, -0.2) is 0 Å². The van der Waals surface area contributed by atoms with Crippen molar-refractivity contribution < 1.29 is 0 Å². The first-order chi connectivity index (χ1) is 7.08. The number of H-pyrrole nitrogens is 1. The third-order valence-electron chi connectivity index (χ3n) is 2.43. The number of hydrogen-bond acceptors (Lipinski definition) is 1. The van der Waals surface area contributed by atoms with Crippen LogP contribution in [0.25, 0.3) is 10.9 Å². The van der Waals surface area contributed by atoms with E-state index >= 15 is 0 Å². The Hall–Kier alpha value is -1.09. The van der Waals surface area contributed by atoms with E-state index in [9.17, 15) is 4.79 Å². The zero-order valence-corrected chi connectivity index (χ0v) is 10.3. The highest BCUT2D eigenvalue weighted by atomic mass is 79.9. The quantitative estimate of drug-likeness (QED) is 0.842. The van der Waals surface area contributed by atoms with Gasteiger partial charge in [-0.1, -0.05) is 29.8 Å². The zero-order valence-electron chi connectivity index (χ0n) is 8.67. The number of aromatic amines is 1. The van der Waals surface area contributed by atoms with Gasteiger partial charge in [-0.3, -0.25) is 4.79 Å². The Labute approximate surface area is 96.5 Å². The lowest BCUT2D eigenvalue weighted by Gasteiger charge is -2.07. The Bertz CT molecular complexity index is 557. The van der Waals surface area contributed by atoms with Crippen molar-refractivity contribution in [3.05, 3.63) is 44.7 Å². The molecule has 1 N–H and O–H groups in total. The molecule has 2 nitrogen and oxygen atoms in total. The summed E-state index contributed by atoms with van der Waals surface area (Å²) in [5.74, 6) is 0.339. The summed E-state index contributed by atoms with van der Waals surface area (Å²) in [7, 11) is 0. The summed E-state index contributed by atoms with van der Waals surface area (Å²) in [6.45, 7) is 4.13. The molecule has 2 rings (SSSR count). The number of benzene rings is 1. The van der Waals surface area contributed by atoms with Crippen LogP contribution in [0.3, 0.4) is 0 Å². The van der Waals surface area contributed by atoms with Crippen LogP contribution in [-0.4, -0.2) is 4.98 Å². The van der Waals surface area contributed by atoms with Crippen molar-refractivity contribution in [1.82, 2.24) is 4.98 Å². The molecule has 0 spiro atoms. The van der Waals surface area contributed by atoms with Crippen LogP contribution in [0.5, 0.6) is 0 Å². The van der Waals surface area contributed by atoms with Crippen molar-refractivity contribution >= 4 is 26.8 Å². The molecule has 2 aromatic rings. The summed E-state index contributed by atoms with van der Waals surface area (Å²) in [6.07, 6.45) is 0. The van der Waals surface area contributed by atoms with Gasteiger partial charge in [0.05, 0.1) is 0 Å². The normalized spacial score (nSPS) is 11.2. The number of halogens is 1. The highest BCUT2D eigenvalue weighted by Crippen LogP contribution is 2.18. The molecule has 0 aliphatic heterocycles. The van der Waals surface area contributed by atoms with E-state index in [0.29, 0.717) is 5.92 Å². The number of rotatable bonds is 1. The van der Waals surface area contributed by atoms with Gasteiger partial charge in [-0.15, -0.1) is 0 Å². The van der Waals surface area contributed by atoms with Gasteiger partial charge in [0.2, 0.25) is 0 Å². The van der Waals surface area contributed by atoms with Gasteiger partial charge in [0.15, 0.2) is 5.43 Å². The molecule has 0 bridgehead atoms. The maximum atomic E-state index is 11.8. The van der Waals surface area contributed by atoms with Gasteiger partial charge in [-0.05, 0) is 24.1 Å². The van der Waals surface area contributed by atoms with Crippen LogP contribution in [0.2, 0.25) is 0 Å². The molecule has 78 valence electrons. The van der Waals surface area contributed by atoms with E-state index in [4.69, 9.17) is 0 Å². The lowest BCUT2D eigenvalue weighted by Crippen LogP contribution is -2.06. The summed E-state index contributed by atoms with van der Waals surface area (Å²) in [5.41, 5.74) is 1.96. The average Bonchev–Trinajstić information content (AvgIpc) is 2.18. The molecule has 0 radical (unpaired) electrons. The van der Waals surface area contributed by atoms with E-state index in [1.807, 2.05) is 18.2 Å². The molecule has 0 amide bonds. The molecule has 0 atom stereocenters. The lowest BCUT2D eigenvalue weighted by atomic mass is 10.1. The maximum Gasteiger partial charge on any atom is 0.189 e. The highest BCUT2D eigenvalue weighted by Gasteiger charge is 2.05. The third kappa shape index (κ3) is 1.97. The van der Waals surface area contributed by atoms with E-state index in [2.05, 4.69) is 34.8 Å². The first kappa shape index (κ1) is 10.4. The maximum absolute atomic E-state index is 11.8. The zero-order chi connectivity index (χ0) is 11.0. The second-order valence-corrected chi connectivity index (χ2v) is 4.85. The van der Waals surface area contributed by atoms with Gasteiger partial charge in [0.25, 0.3) is 0 Å². The van der Waals surface area contributed by atoms with E-state index < -0.39 is 0 Å². The second-order valence-electron chi connectivity index (χ2n) is 3.93. The molecule has 0 saturated heterocycles. The van der Waals surface area contributed by atoms with Crippen LogP contribution in [0.4, 0.5) is 0 Å². The third-order valence-corrected chi connectivity index (χ3v) is 2.93. The van der Waals surface area contributed by atoms with E-state index in [0.717, 1.165) is 21.1 Å². The summed E-state index contributed by atoms with van der Waals surface area (Å²) >= 11 is 3.36. The van der Waals surface area contributed by atoms with Gasteiger partial charge in [0, 0.05) is 27.1 Å². The first-order valence-corrected chi connectivity index (χ1v) is 5.69. The van der Waals surface area contributed by atoms with Gasteiger partial charge >= 0.3 is 0 Å². The number of nitrogens with one attached hydrogen (secondary N) is 1. The molecule has 0 aliphatic rings. The minimum absolute atomic E-state index is 0.0775. The van der Waals surface area contributed by atoms with Crippen molar-refractivity contribution in [2.24, 2.45) is 0 Å². The summed E-state index contributed by atoms with van der Waals surface area (Å²) in [5, 5.41) is 0.730. The molecule has 3 heteroatoms. The summed E-state index contributed by atoms with van der Waals surface area (Å²) < 4.78 is 0.929. The monoisotopic (exact) mass is 265 g/mol. The Morgan fingerprint density at radius 1 is 1.27 bits per heavy atom.